The highest BCUT2D eigenvalue weighted by atomic mass is 79.9. The Morgan fingerprint density at radius 2 is 2.08 bits per heavy atom. The van der Waals surface area contributed by atoms with Gasteiger partial charge < -0.3 is 4.57 Å². The van der Waals surface area contributed by atoms with Gasteiger partial charge in [0.1, 0.15) is 5.69 Å². The van der Waals surface area contributed by atoms with Gasteiger partial charge in [0.25, 0.3) is 5.91 Å². The van der Waals surface area contributed by atoms with E-state index in [4.69, 9.17) is 0 Å². The van der Waals surface area contributed by atoms with Crippen LogP contribution in [-0.2, 0) is 6.54 Å². The average molecular weight is 425 g/mol. The molecular formula is C19H13BrN4OS. The quantitative estimate of drug-likeness (QED) is 0.459. The van der Waals surface area contributed by atoms with Crippen molar-refractivity contribution in [2.24, 2.45) is 4.99 Å². The standard InChI is InChI=1S/C19H13BrN4OS/c1-2-9-24-16-8-7-12(20)10-17(16)26-19(24)23-18(25)15-11-21-13-5-3-4-6-14(13)22-15/h2-8,10-11H,1,9H2. The van der Waals surface area contributed by atoms with Gasteiger partial charge in [-0.15, -0.1) is 6.58 Å². The minimum Gasteiger partial charge on any atom is -0.312 e. The maximum atomic E-state index is 12.6. The lowest BCUT2D eigenvalue weighted by Crippen LogP contribution is -2.16. The van der Waals surface area contributed by atoms with Crippen molar-refractivity contribution in [2.75, 3.05) is 0 Å². The highest BCUT2D eigenvalue weighted by molar-refractivity contribution is 9.10. The first kappa shape index (κ1) is 16.8. The van der Waals surface area contributed by atoms with Crippen molar-refractivity contribution in [1.82, 2.24) is 14.5 Å². The molecule has 0 spiro atoms. The topological polar surface area (TPSA) is 60.1 Å². The summed E-state index contributed by atoms with van der Waals surface area (Å²) in [5.41, 5.74) is 2.66. The molecule has 26 heavy (non-hydrogen) atoms. The second kappa shape index (κ2) is 6.93. The first-order valence-electron chi connectivity index (χ1n) is 7.86. The number of nitrogens with zero attached hydrogens (tertiary/aromatic N) is 4. The van der Waals surface area contributed by atoms with E-state index in [0.29, 0.717) is 16.9 Å². The number of allylic oxidation sites excluding steroid dienone is 1. The van der Waals surface area contributed by atoms with Gasteiger partial charge in [-0.25, -0.2) is 4.98 Å². The normalized spacial score (nSPS) is 12.0. The second-order valence-electron chi connectivity index (χ2n) is 5.56. The number of benzene rings is 2. The fourth-order valence-corrected chi connectivity index (χ4v) is 4.23. The monoisotopic (exact) mass is 424 g/mol. The first-order chi connectivity index (χ1) is 12.7. The van der Waals surface area contributed by atoms with Gasteiger partial charge in [-0.3, -0.25) is 9.78 Å². The van der Waals surface area contributed by atoms with E-state index in [0.717, 1.165) is 20.2 Å². The summed E-state index contributed by atoms with van der Waals surface area (Å²) in [5.74, 6) is -0.410. The molecule has 4 aromatic rings. The van der Waals surface area contributed by atoms with Crippen molar-refractivity contribution in [1.29, 1.82) is 0 Å². The van der Waals surface area contributed by atoms with Gasteiger partial charge in [0.2, 0.25) is 0 Å². The summed E-state index contributed by atoms with van der Waals surface area (Å²) in [6.07, 6.45) is 3.25. The van der Waals surface area contributed by atoms with E-state index in [1.165, 1.54) is 17.5 Å². The molecule has 0 saturated carbocycles. The molecule has 1 amide bonds. The molecule has 5 nitrogen and oxygen atoms in total. The Bertz CT molecular complexity index is 1230. The van der Waals surface area contributed by atoms with Crippen LogP contribution in [-0.4, -0.2) is 20.4 Å². The molecule has 4 rings (SSSR count). The van der Waals surface area contributed by atoms with Gasteiger partial charge in [0, 0.05) is 11.0 Å². The van der Waals surface area contributed by atoms with E-state index in [1.807, 2.05) is 47.0 Å². The van der Waals surface area contributed by atoms with Crippen LogP contribution in [0, 0.1) is 0 Å². The maximum absolute atomic E-state index is 12.6. The Morgan fingerprint density at radius 3 is 2.88 bits per heavy atom. The van der Waals surface area contributed by atoms with E-state index in [1.54, 1.807) is 6.08 Å². The molecule has 0 bridgehead atoms. The van der Waals surface area contributed by atoms with Gasteiger partial charge in [-0.05, 0) is 30.3 Å². The fraction of sp³-hybridized carbons (Fsp3) is 0.0526. The third-order valence-corrected chi connectivity index (χ3v) is 5.36. The van der Waals surface area contributed by atoms with E-state index in [9.17, 15) is 4.79 Å². The molecule has 2 aromatic carbocycles. The van der Waals surface area contributed by atoms with Crippen LogP contribution in [0.3, 0.4) is 0 Å². The van der Waals surface area contributed by atoms with Gasteiger partial charge in [-0.1, -0.05) is 45.5 Å². The zero-order valence-corrected chi connectivity index (χ0v) is 16.0. The zero-order valence-electron chi connectivity index (χ0n) is 13.6. The zero-order chi connectivity index (χ0) is 18.1. The highest BCUT2D eigenvalue weighted by Crippen LogP contribution is 2.22. The predicted octanol–water partition coefficient (Wildman–Crippen LogP) is 4.34. The number of carbonyl (C=O) groups is 1. The van der Waals surface area contributed by atoms with Crippen molar-refractivity contribution < 1.29 is 4.79 Å². The third kappa shape index (κ3) is 3.11. The molecule has 0 aliphatic rings. The van der Waals surface area contributed by atoms with E-state index in [2.05, 4.69) is 37.5 Å². The number of thiazole rings is 1. The van der Waals surface area contributed by atoms with Crippen LogP contribution in [0.2, 0.25) is 0 Å². The highest BCUT2D eigenvalue weighted by Gasteiger charge is 2.11. The number of halogens is 1. The molecule has 2 aromatic heterocycles. The molecule has 0 saturated heterocycles. The number of para-hydroxylation sites is 2. The van der Waals surface area contributed by atoms with Crippen LogP contribution < -0.4 is 4.80 Å². The minimum absolute atomic E-state index is 0.229. The van der Waals surface area contributed by atoms with Crippen LogP contribution in [0.1, 0.15) is 10.5 Å². The van der Waals surface area contributed by atoms with Gasteiger partial charge in [-0.2, -0.15) is 4.99 Å². The smallest absolute Gasteiger partial charge is 0.299 e. The summed E-state index contributed by atoms with van der Waals surface area (Å²) >= 11 is 4.93. The Balaban J connectivity index is 1.84. The Labute approximate surface area is 161 Å². The fourth-order valence-electron chi connectivity index (χ4n) is 2.64. The number of rotatable bonds is 3. The molecular weight excluding hydrogens is 412 g/mol. The molecule has 0 aliphatic carbocycles. The number of amides is 1. The summed E-state index contributed by atoms with van der Waals surface area (Å²) < 4.78 is 3.99. The second-order valence-corrected chi connectivity index (χ2v) is 7.48. The first-order valence-corrected chi connectivity index (χ1v) is 9.47. The number of carbonyl (C=O) groups excluding carboxylic acids is 1. The van der Waals surface area contributed by atoms with Crippen molar-refractivity contribution in [3.8, 4) is 0 Å². The molecule has 7 heteroatoms. The SMILES string of the molecule is C=CCn1c(=NC(=O)c2cnc3ccccc3n2)sc2cc(Br)ccc21. The summed E-state index contributed by atoms with van der Waals surface area (Å²) in [6, 6.07) is 13.4. The molecule has 0 N–H and O–H groups in total. The Kier molecular flexibility index (Phi) is 4.48. The summed E-state index contributed by atoms with van der Waals surface area (Å²) in [7, 11) is 0. The number of hydrogen-bond donors (Lipinski definition) is 0. The van der Waals surface area contributed by atoms with Gasteiger partial charge in [0.15, 0.2) is 4.80 Å². The maximum Gasteiger partial charge on any atom is 0.299 e. The molecule has 0 atom stereocenters. The van der Waals surface area contributed by atoms with Crippen molar-refractivity contribution in [3.63, 3.8) is 0 Å². The third-order valence-electron chi connectivity index (χ3n) is 3.82. The van der Waals surface area contributed by atoms with Crippen LogP contribution in [0.15, 0.2) is 70.8 Å². The van der Waals surface area contributed by atoms with Crippen molar-refractivity contribution >= 4 is 54.4 Å². The molecule has 0 unspecified atom stereocenters. The molecule has 128 valence electrons. The van der Waals surface area contributed by atoms with Crippen molar-refractivity contribution in [2.45, 2.75) is 6.54 Å². The van der Waals surface area contributed by atoms with E-state index >= 15 is 0 Å². The minimum atomic E-state index is -0.410. The van der Waals surface area contributed by atoms with Crippen LogP contribution in [0.25, 0.3) is 21.3 Å². The molecule has 0 fully saturated rings. The summed E-state index contributed by atoms with van der Waals surface area (Å²) in [6.45, 7) is 4.36. The van der Waals surface area contributed by atoms with Crippen LogP contribution in [0.5, 0.6) is 0 Å². The summed E-state index contributed by atoms with van der Waals surface area (Å²) in [4.78, 5) is 26.2. The predicted molar refractivity (Wildman–Crippen MR) is 107 cm³/mol. The largest absolute Gasteiger partial charge is 0.312 e. The molecule has 0 radical (unpaired) electrons. The average Bonchev–Trinajstić information content (AvgIpc) is 2.98. The van der Waals surface area contributed by atoms with E-state index in [-0.39, 0.29) is 5.69 Å². The lowest BCUT2D eigenvalue weighted by atomic mass is 10.3. The molecule has 0 aliphatic heterocycles. The number of aromatic nitrogens is 3. The Morgan fingerprint density at radius 1 is 1.27 bits per heavy atom. The Hall–Kier alpha value is -2.64. The van der Waals surface area contributed by atoms with Gasteiger partial charge >= 0.3 is 0 Å². The van der Waals surface area contributed by atoms with E-state index < -0.39 is 5.91 Å². The van der Waals surface area contributed by atoms with Crippen molar-refractivity contribution in [3.05, 3.63) is 76.3 Å². The molecule has 2 heterocycles. The number of hydrogen-bond acceptors (Lipinski definition) is 4. The van der Waals surface area contributed by atoms with Crippen LogP contribution in [0.4, 0.5) is 0 Å². The van der Waals surface area contributed by atoms with Gasteiger partial charge in [0.05, 0.1) is 27.4 Å². The summed E-state index contributed by atoms with van der Waals surface area (Å²) in [5, 5.41) is 0. The number of fused-ring (bicyclic) bond motifs is 2. The lowest BCUT2D eigenvalue weighted by molar-refractivity contribution is 0.0993. The van der Waals surface area contributed by atoms with Crippen LogP contribution >= 0.6 is 27.3 Å². The lowest BCUT2D eigenvalue weighted by Gasteiger charge is -2.01.